The van der Waals surface area contributed by atoms with Gasteiger partial charge < -0.3 is 14.5 Å². The predicted molar refractivity (Wildman–Crippen MR) is 104 cm³/mol. The van der Waals surface area contributed by atoms with Gasteiger partial charge in [-0.3, -0.25) is 0 Å². The molecular weight excluding hydrogens is 341 g/mol. The molecule has 0 amide bonds. The van der Waals surface area contributed by atoms with Gasteiger partial charge in [0.15, 0.2) is 0 Å². The van der Waals surface area contributed by atoms with E-state index in [9.17, 15) is 4.39 Å². The first kappa shape index (κ1) is 17.3. The second-order valence-corrected chi connectivity index (χ2v) is 6.33. The second-order valence-electron chi connectivity index (χ2n) is 6.33. The van der Waals surface area contributed by atoms with Crippen LogP contribution in [0.1, 0.15) is 16.9 Å². The van der Waals surface area contributed by atoms with Crippen LogP contribution in [-0.2, 0) is 19.7 Å². The summed E-state index contributed by atoms with van der Waals surface area (Å²) in [6, 6.07) is 22.7. The van der Waals surface area contributed by atoms with Crippen molar-refractivity contribution >= 4 is 10.8 Å². The number of hydrogen-bond donors (Lipinski definition) is 1. The lowest BCUT2D eigenvalue weighted by molar-refractivity contribution is 0.296. The fourth-order valence-electron chi connectivity index (χ4n) is 3.13. The highest BCUT2D eigenvalue weighted by Crippen LogP contribution is 2.29. The molecule has 0 unspecified atom stereocenters. The molecule has 0 saturated heterocycles. The number of nitrogens with one attached hydrogen (secondary N) is 1. The van der Waals surface area contributed by atoms with Crippen molar-refractivity contribution in [2.75, 3.05) is 0 Å². The summed E-state index contributed by atoms with van der Waals surface area (Å²) in [5.41, 5.74) is 1.59. The third-order valence-electron chi connectivity index (χ3n) is 4.52. The van der Waals surface area contributed by atoms with Crippen LogP contribution in [-0.4, -0.2) is 0 Å². The Hall–Kier alpha value is -3.11. The van der Waals surface area contributed by atoms with Gasteiger partial charge in [-0.05, 0) is 35.0 Å². The lowest BCUT2D eigenvalue weighted by atomic mass is 10.0. The van der Waals surface area contributed by atoms with E-state index in [2.05, 4.69) is 17.4 Å². The summed E-state index contributed by atoms with van der Waals surface area (Å²) in [6.45, 7) is 1.44. The molecule has 0 spiro atoms. The summed E-state index contributed by atoms with van der Waals surface area (Å²) in [7, 11) is 0. The van der Waals surface area contributed by atoms with Crippen LogP contribution in [0.15, 0.2) is 83.5 Å². The Kier molecular flexibility index (Phi) is 5.17. The van der Waals surface area contributed by atoms with Gasteiger partial charge in [0, 0.05) is 17.7 Å². The van der Waals surface area contributed by atoms with Crippen LogP contribution < -0.4 is 10.1 Å². The SMILES string of the molecule is Fc1ccccc1COc1ccc2ccccc2c1CNCc1ccco1. The predicted octanol–water partition coefficient (Wildman–Crippen LogP) is 5.44. The van der Waals surface area contributed by atoms with E-state index in [-0.39, 0.29) is 12.4 Å². The standard InChI is InChI=1S/C23H20FNO2/c24-22-10-4-2-7-18(22)16-27-23-12-11-17-6-1-3-9-20(17)21(23)15-25-14-19-8-5-13-26-19/h1-13,25H,14-16H2. The number of furan rings is 1. The van der Waals surface area contributed by atoms with Crippen molar-refractivity contribution in [2.24, 2.45) is 0 Å². The molecular formula is C23H20FNO2. The maximum atomic E-state index is 13.9. The van der Waals surface area contributed by atoms with Gasteiger partial charge in [-0.1, -0.05) is 48.5 Å². The van der Waals surface area contributed by atoms with Crippen molar-refractivity contribution in [1.29, 1.82) is 0 Å². The molecule has 1 aromatic heterocycles. The molecule has 0 fully saturated rings. The van der Waals surface area contributed by atoms with Gasteiger partial charge in [0.2, 0.25) is 0 Å². The quantitative estimate of drug-likeness (QED) is 0.476. The highest BCUT2D eigenvalue weighted by Gasteiger charge is 2.10. The normalized spacial score (nSPS) is 11.0. The van der Waals surface area contributed by atoms with E-state index in [1.54, 1.807) is 18.4 Å². The van der Waals surface area contributed by atoms with E-state index in [1.165, 1.54) is 6.07 Å². The van der Waals surface area contributed by atoms with Gasteiger partial charge in [0.05, 0.1) is 12.8 Å². The average molecular weight is 361 g/mol. The lowest BCUT2D eigenvalue weighted by Gasteiger charge is -2.15. The molecule has 4 heteroatoms. The topological polar surface area (TPSA) is 34.4 Å². The Bertz CT molecular complexity index is 1030. The number of ether oxygens (including phenoxy) is 1. The summed E-state index contributed by atoms with van der Waals surface area (Å²) in [4.78, 5) is 0. The highest BCUT2D eigenvalue weighted by atomic mass is 19.1. The molecule has 3 aromatic carbocycles. The van der Waals surface area contributed by atoms with Gasteiger partial charge in [-0.15, -0.1) is 0 Å². The van der Waals surface area contributed by atoms with Gasteiger partial charge in [-0.2, -0.15) is 0 Å². The molecule has 4 rings (SSSR count). The van der Waals surface area contributed by atoms with Gasteiger partial charge in [0.1, 0.15) is 23.9 Å². The summed E-state index contributed by atoms with van der Waals surface area (Å²) in [6.07, 6.45) is 1.66. The average Bonchev–Trinajstić information content (AvgIpc) is 3.21. The van der Waals surface area contributed by atoms with Crippen molar-refractivity contribution in [1.82, 2.24) is 5.32 Å². The number of hydrogen-bond acceptors (Lipinski definition) is 3. The summed E-state index contributed by atoms with van der Waals surface area (Å²) in [5, 5.41) is 5.66. The molecule has 1 N–H and O–H groups in total. The minimum Gasteiger partial charge on any atom is -0.488 e. The molecule has 4 aromatic rings. The molecule has 0 radical (unpaired) electrons. The van der Waals surface area contributed by atoms with Crippen LogP contribution in [0.3, 0.4) is 0 Å². The number of halogens is 1. The monoisotopic (exact) mass is 361 g/mol. The Labute approximate surface area is 157 Å². The maximum absolute atomic E-state index is 13.9. The molecule has 27 heavy (non-hydrogen) atoms. The Morgan fingerprint density at radius 3 is 2.56 bits per heavy atom. The lowest BCUT2D eigenvalue weighted by Crippen LogP contribution is -2.13. The molecule has 0 saturated carbocycles. The van der Waals surface area contributed by atoms with Crippen LogP contribution in [0, 0.1) is 5.82 Å². The highest BCUT2D eigenvalue weighted by molar-refractivity contribution is 5.87. The van der Waals surface area contributed by atoms with E-state index in [4.69, 9.17) is 9.15 Å². The molecule has 0 bridgehead atoms. The van der Waals surface area contributed by atoms with Crippen molar-refractivity contribution in [2.45, 2.75) is 19.7 Å². The zero-order chi connectivity index (χ0) is 18.5. The van der Waals surface area contributed by atoms with Crippen molar-refractivity contribution in [3.05, 3.63) is 102 Å². The minimum absolute atomic E-state index is 0.191. The summed E-state index contributed by atoms with van der Waals surface area (Å²) < 4.78 is 25.3. The first-order valence-corrected chi connectivity index (χ1v) is 8.91. The van der Waals surface area contributed by atoms with Crippen molar-refractivity contribution in [3.8, 4) is 5.75 Å². The van der Waals surface area contributed by atoms with Gasteiger partial charge >= 0.3 is 0 Å². The van der Waals surface area contributed by atoms with Crippen LogP contribution in [0.2, 0.25) is 0 Å². The van der Waals surface area contributed by atoms with Gasteiger partial charge in [0.25, 0.3) is 0 Å². The van der Waals surface area contributed by atoms with E-state index < -0.39 is 0 Å². The van der Waals surface area contributed by atoms with Gasteiger partial charge in [-0.25, -0.2) is 4.39 Å². The Morgan fingerprint density at radius 2 is 1.70 bits per heavy atom. The van der Waals surface area contributed by atoms with E-state index >= 15 is 0 Å². The van der Waals surface area contributed by atoms with E-state index in [0.29, 0.717) is 18.7 Å². The summed E-state index contributed by atoms with van der Waals surface area (Å²) >= 11 is 0. The number of rotatable bonds is 7. The Morgan fingerprint density at radius 1 is 0.852 bits per heavy atom. The zero-order valence-electron chi connectivity index (χ0n) is 14.8. The molecule has 0 aliphatic carbocycles. The van der Waals surface area contributed by atoms with Crippen LogP contribution in [0.4, 0.5) is 4.39 Å². The largest absolute Gasteiger partial charge is 0.488 e. The molecule has 136 valence electrons. The molecule has 3 nitrogen and oxygen atoms in total. The first-order valence-electron chi connectivity index (χ1n) is 8.91. The fraction of sp³-hybridized carbons (Fsp3) is 0.130. The number of benzene rings is 3. The van der Waals surface area contributed by atoms with Crippen LogP contribution in [0.25, 0.3) is 10.8 Å². The van der Waals surface area contributed by atoms with Crippen molar-refractivity contribution < 1.29 is 13.5 Å². The third kappa shape index (κ3) is 4.01. The molecule has 0 aliphatic heterocycles. The van der Waals surface area contributed by atoms with E-state index in [0.717, 1.165) is 27.8 Å². The minimum atomic E-state index is -0.254. The number of fused-ring (bicyclic) bond motifs is 1. The summed E-state index contributed by atoms with van der Waals surface area (Å²) in [5.74, 6) is 1.38. The smallest absolute Gasteiger partial charge is 0.129 e. The van der Waals surface area contributed by atoms with E-state index in [1.807, 2.05) is 42.5 Å². The van der Waals surface area contributed by atoms with Crippen molar-refractivity contribution in [3.63, 3.8) is 0 Å². The fourth-order valence-corrected chi connectivity index (χ4v) is 3.13. The Balaban J connectivity index is 1.57. The van der Waals surface area contributed by atoms with Crippen LogP contribution >= 0.6 is 0 Å². The maximum Gasteiger partial charge on any atom is 0.129 e. The molecule has 0 aliphatic rings. The third-order valence-corrected chi connectivity index (χ3v) is 4.52. The molecule has 1 heterocycles. The molecule has 0 atom stereocenters. The second kappa shape index (κ2) is 8.06. The van der Waals surface area contributed by atoms with Crippen LogP contribution in [0.5, 0.6) is 5.75 Å². The zero-order valence-corrected chi connectivity index (χ0v) is 14.8. The first-order chi connectivity index (χ1) is 13.3.